The maximum atomic E-state index is 6.60. The van der Waals surface area contributed by atoms with Crippen LogP contribution >= 0.6 is 27.5 Å². The van der Waals surface area contributed by atoms with Crippen LogP contribution in [0.1, 0.15) is 57.8 Å². The molecule has 1 aliphatic rings. The fourth-order valence-corrected chi connectivity index (χ4v) is 4.41. The van der Waals surface area contributed by atoms with Crippen LogP contribution in [0.25, 0.3) is 0 Å². The number of nitrogens with zero attached hydrogens (tertiary/aromatic N) is 2. The van der Waals surface area contributed by atoms with Crippen LogP contribution in [-0.4, -0.2) is 15.2 Å². The molecule has 1 aliphatic carbocycles. The molecule has 2 rings (SSSR count). The minimum Gasteiger partial charge on any atom is -0.268 e. The Labute approximate surface area is 136 Å². The summed E-state index contributed by atoms with van der Waals surface area (Å²) in [5.74, 6) is 1.45. The van der Waals surface area contributed by atoms with Crippen LogP contribution in [0.2, 0.25) is 0 Å². The van der Waals surface area contributed by atoms with Crippen molar-refractivity contribution in [2.45, 2.75) is 71.2 Å². The lowest BCUT2D eigenvalue weighted by molar-refractivity contribution is 0.261. The van der Waals surface area contributed by atoms with Crippen molar-refractivity contribution in [2.24, 2.45) is 11.8 Å². The van der Waals surface area contributed by atoms with Gasteiger partial charge in [-0.2, -0.15) is 5.10 Å². The Morgan fingerprint density at radius 3 is 2.65 bits per heavy atom. The van der Waals surface area contributed by atoms with Crippen LogP contribution in [0, 0.1) is 11.8 Å². The topological polar surface area (TPSA) is 17.8 Å². The summed E-state index contributed by atoms with van der Waals surface area (Å²) in [6.07, 6.45) is 7.07. The summed E-state index contributed by atoms with van der Waals surface area (Å²) in [6, 6.07) is 0. The van der Waals surface area contributed by atoms with Gasteiger partial charge in [-0.15, -0.1) is 11.6 Å². The fraction of sp³-hybridized carbons (Fsp3) is 0.812. The molecule has 20 heavy (non-hydrogen) atoms. The van der Waals surface area contributed by atoms with Crippen molar-refractivity contribution in [3.8, 4) is 0 Å². The van der Waals surface area contributed by atoms with Crippen molar-refractivity contribution >= 4 is 27.5 Å². The van der Waals surface area contributed by atoms with Crippen molar-refractivity contribution in [1.82, 2.24) is 9.78 Å². The highest BCUT2D eigenvalue weighted by molar-refractivity contribution is 9.10. The van der Waals surface area contributed by atoms with Crippen molar-refractivity contribution < 1.29 is 0 Å². The largest absolute Gasteiger partial charge is 0.268 e. The van der Waals surface area contributed by atoms with E-state index in [4.69, 9.17) is 16.7 Å². The number of hydrogen-bond donors (Lipinski definition) is 0. The Balaban J connectivity index is 2.17. The van der Waals surface area contributed by atoms with Gasteiger partial charge in [0.05, 0.1) is 15.9 Å². The van der Waals surface area contributed by atoms with Gasteiger partial charge in [-0.3, -0.25) is 4.68 Å². The number of alkyl halides is 1. The van der Waals surface area contributed by atoms with E-state index >= 15 is 0 Å². The van der Waals surface area contributed by atoms with Gasteiger partial charge in [0.15, 0.2) is 0 Å². The van der Waals surface area contributed by atoms with E-state index in [0.29, 0.717) is 11.3 Å². The zero-order valence-corrected chi connectivity index (χ0v) is 15.2. The number of aromatic nitrogens is 2. The summed E-state index contributed by atoms with van der Waals surface area (Å²) in [4.78, 5) is 0. The predicted molar refractivity (Wildman–Crippen MR) is 89.4 cm³/mol. The van der Waals surface area contributed by atoms with Gasteiger partial charge in [-0.05, 0) is 66.8 Å². The first-order chi connectivity index (χ1) is 9.60. The van der Waals surface area contributed by atoms with Gasteiger partial charge in [0.1, 0.15) is 0 Å². The van der Waals surface area contributed by atoms with Gasteiger partial charge >= 0.3 is 0 Å². The number of hydrogen-bond acceptors (Lipinski definition) is 1. The number of rotatable bonds is 5. The molecule has 2 nitrogen and oxygen atoms in total. The zero-order chi connectivity index (χ0) is 14.7. The van der Waals surface area contributed by atoms with Gasteiger partial charge in [0, 0.05) is 11.9 Å². The third-order valence-electron chi connectivity index (χ3n) is 4.73. The van der Waals surface area contributed by atoms with Crippen molar-refractivity contribution in [3.63, 3.8) is 0 Å². The molecule has 0 radical (unpaired) electrons. The maximum absolute atomic E-state index is 6.60. The predicted octanol–water partition coefficient (Wildman–Crippen LogP) is 5.20. The Bertz CT molecular complexity index is 444. The number of halogens is 2. The molecule has 114 valence electrons. The first-order valence-corrected chi connectivity index (χ1v) is 9.21. The van der Waals surface area contributed by atoms with E-state index in [2.05, 4.69) is 41.4 Å². The van der Waals surface area contributed by atoms with E-state index in [0.717, 1.165) is 25.3 Å². The third kappa shape index (κ3) is 3.41. The summed E-state index contributed by atoms with van der Waals surface area (Å²) in [5, 5.41) is 5.03. The molecular weight excluding hydrogens is 336 g/mol. The molecule has 0 N–H and O–H groups in total. The average molecular weight is 362 g/mol. The van der Waals surface area contributed by atoms with E-state index in [9.17, 15) is 0 Å². The van der Waals surface area contributed by atoms with Crippen molar-refractivity contribution in [1.29, 1.82) is 0 Å². The summed E-state index contributed by atoms with van der Waals surface area (Å²) in [7, 11) is 0. The van der Waals surface area contributed by atoms with Crippen molar-refractivity contribution in [3.05, 3.63) is 15.9 Å². The second-order valence-corrected chi connectivity index (χ2v) is 7.30. The second kappa shape index (κ2) is 7.31. The van der Waals surface area contributed by atoms with Crippen LogP contribution in [0.15, 0.2) is 4.47 Å². The van der Waals surface area contributed by atoms with Gasteiger partial charge < -0.3 is 0 Å². The van der Waals surface area contributed by atoms with Crippen LogP contribution in [0.5, 0.6) is 0 Å². The third-order valence-corrected chi connectivity index (χ3v) is 6.22. The normalized spacial score (nSPS) is 26.9. The molecule has 0 aromatic carbocycles. The molecule has 1 heterocycles. The Morgan fingerprint density at radius 1 is 1.30 bits per heavy atom. The quantitative estimate of drug-likeness (QED) is 0.659. The molecule has 1 aromatic heterocycles. The molecule has 0 aliphatic heterocycles. The lowest BCUT2D eigenvalue weighted by atomic mass is 9.78. The number of aryl methyl sites for hydroxylation is 2. The Hall–Kier alpha value is -0.0200. The van der Waals surface area contributed by atoms with Crippen LogP contribution in [0.4, 0.5) is 0 Å². The van der Waals surface area contributed by atoms with Gasteiger partial charge in [0.2, 0.25) is 0 Å². The van der Waals surface area contributed by atoms with E-state index in [-0.39, 0.29) is 0 Å². The lowest BCUT2D eigenvalue weighted by Gasteiger charge is -2.32. The molecule has 0 amide bonds. The molecular formula is C16H26BrClN2. The van der Waals surface area contributed by atoms with Crippen LogP contribution in [-0.2, 0) is 19.4 Å². The van der Waals surface area contributed by atoms with Crippen LogP contribution < -0.4 is 0 Å². The molecule has 1 aromatic rings. The second-order valence-electron chi connectivity index (χ2n) is 5.94. The monoisotopic (exact) mass is 360 g/mol. The molecule has 3 unspecified atom stereocenters. The standard InChI is InChI=1S/C16H26BrClN2/c1-4-11-7-8-13(18)12(9-11)10-15-16(17)14(5-2)19-20(15)6-3/h11-13H,4-10H2,1-3H3. The fourth-order valence-electron chi connectivity index (χ4n) is 3.37. The summed E-state index contributed by atoms with van der Waals surface area (Å²) < 4.78 is 3.37. The smallest absolute Gasteiger partial charge is 0.0766 e. The van der Waals surface area contributed by atoms with E-state index < -0.39 is 0 Å². The lowest BCUT2D eigenvalue weighted by Crippen LogP contribution is -2.27. The maximum Gasteiger partial charge on any atom is 0.0766 e. The van der Waals surface area contributed by atoms with E-state index in [1.165, 1.54) is 41.5 Å². The molecule has 1 fully saturated rings. The highest BCUT2D eigenvalue weighted by atomic mass is 79.9. The summed E-state index contributed by atoms with van der Waals surface area (Å²) >= 11 is 10.4. The van der Waals surface area contributed by atoms with Crippen molar-refractivity contribution in [2.75, 3.05) is 0 Å². The van der Waals surface area contributed by atoms with Gasteiger partial charge in [0.25, 0.3) is 0 Å². The van der Waals surface area contributed by atoms with Gasteiger partial charge in [-0.25, -0.2) is 0 Å². The van der Waals surface area contributed by atoms with E-state index in [1.807, 2.05) is 0 Å². The molecule has 4 heteroatoms. The first kappa shape index (κ1) is 16.4. The molecule has 1 saturated carbocycles. The molecule has 0 spiro atoms. The minimum absolute atomic E-state index is 0.329. The summed E-state index contributed by atoms with van der Waals surface area (Å²) in [5.41, 5.74) is 2.52. The van der Waals surface area contributed by atoms with Gasteiger partial charge in [-0.1, -0.05) is 20.3 Å². The zero-order valence-electron chi connectivity index (χ0n) is 12.8. The SMILES string of the molecule is CCc1nn(CC)c(CC2CC(CC)CCC2Cl)c1Br. The summed E-state index contributed by atoms with van der Waals surface area (Å²) in [6.45, 7) is 7.56. The van der Waals surface area contributed by atoms with E-state index in [1.54, 1.807) is 0 Å². The molecule has 0 saturated heterocycles. The minimum atomic E-state index is 0.329. The Kier molecular flexibility index (Phi) is 5.97. The molecule has 0 bridgehead atoms. The highest BCUT2D eigenvalue weighted by Gasteiger charge is 2.30. The van der Waals surface area contributed by atoms with Crippen LogP contribution in [0.3, 0.4) is 0 Å². The average Bonchev–Trinajstić information content (AvgIpc) is 2.77. The molecule has 3 atom stereocenters. The highest BCUT2D eigenvalue weighted by Crippen LogP contribution is 2.37. The Morgan fingerprint density at radius 2 is 2.05 bits per heavy atom. The first-order valence-electron chi connectivity index (χ1n) is 7.98.